The molecule has 1 aliphatic heterocycles. The van der Waals surface area contributed by atoms with Crippen LogP contribution in [0.3, 0.4) is 0 Å². The lowest BCUT2D eigenvalue weighted by Crippen LogP contribution is -2.50. The Hall–Kier alpha value is -2.18. The second-order valence-corrected chi connectivity index (χ2v) is 6.76. The molecule has 3 atom stereocenters. The molecule has 1 saturated heterocycles. The van der Waals surface area contributed by atoms with Crippen LogP contribution in [0.25, 0.3) is 0 Å². The van der Waals surface area contributed by atoms with Crippen LogP contribution >= 0.6 is 0 Å². The first-order chi connectivity index (χ1) is 12.3. The van der Waals surface area contributed by atoms with E-state index >= 15 is 0 Å². The van der Waals surface area contributed by atoms with Crippen molar-refractivity contribution in [3.05, 3.63) is 54.2 Å². The number of fused-ring (bicyclic) bond motifs is 1. The highest BCUT2D eigenvalue weighted by Gasteiger charge is 2.42. The van der Waals surface area contributed by atoms with Gasteiger partial charge in [-0.25, -0.2) is 0 Å². The lowest BCUT2D eigenvalue weighted by Gasteiger charge is -2.39. The summed E-state index contributed by atoms with van der Waals surface area (Å²) in [6.07, 6.45) is 7.60. The number of nitrogens with zero attached hydrogens (tertiary/aromatic N) is 2. The Morgan fingerprint density at radius 1 is 1.32 bits per heavy atom. The maximum absolute atomic E-state index is 12.1. The van der Waals surface area contributed by atoms with Crippen LogP contribution in [0.2, 0.25) is 0 Å². The van der Waals surface area contributed by atoms with Crippen LogP contribution in [0.15, 0.2) is 47.3 Å². The monoisotopic (exact) mass is 341 g/mol. The van der Waals surface area contributed by atoms with Crippen molar-refractivity contribution >= 4 is 5.91 Å². The van der Waals surface area contributed by atoms with Gasteiger partial charge in [-0.15, -0.1) is 0 Å². The molecule has 2 fully saturated rings. The molecule has 0 spiro atoms. The number of hydrogen-bond acceptors (Lipinski definition) is 5. The lowest BCUT2D eigenvalue weighted by molar-refractivity contribution is -0.0757. The molecule has 1 N–H and O–H groups in total. The summed E-state index contributed by atoms with van der Waals surface area (Å²) in [6, 6.07) is 7.92. The molecule has 2 aromatic heterocycles. The Balaban J connectivity index is 1.35. The van der Waals surface area contributed by atoms with E-state index in [1.165, 1.54) is 11.8 Å². The highest BCUT2D eigenvalue weighted by molar-refractivity contribution is 5.91. The van der Waals surface area contributed by atoms with Crippen LogP contribution in [0.1, 0.15) is 29.0 Å². The minimum Gasteiger partial charge on any atom is -0.459 e. The van der Waals surface area contributed by atoms with Gasteiger partial charge in [0.1, 0.15) is 0 Å². The molecule has 1 aliphatic carbocycles. The molecule has 1 saturated carbocycles. The molecular formula is C19H23N3O3. The SMILES string of the molecule is O=C(NC[C@@H]1CC[C@H]2[C@@H]1OCCN2Cc1cccnc1)c1ccco1. The smallest absolute Gasteiger partial charge is 0.286 e. The number of ether oxygens (including phenoxy) is 1. The second kappa shape index (κ2) is 7.37. The van der Waals surface area contributed by atoms with Gasteiger partial charge in [0.2, 0.25) is 0 Å². The summed E-state index contributed by atoms with van der Waals surface area (Å²) in [5.74, 6) is 0.550. The van der Waals surface area contributed by atoms with Crippen LogP contribution in [0, 0.1) is 5.92 Å². The maximum Gasteiger partial charge on any atom is 0.286 e. The summed E-state index contributed by atoms with van der Waals surface area (Å²) >= 11 is 0. The number of carbonyl (C=O) groups is 1. The molecule has 2 aliphatic rings. The fraction of sp³-hybridized carbons (Fsp3) is 0.474. The zero-order valence-corrected chi connectivity index (χ0v) is 14.1. The third kappa shape index (κ3) is 3.60. The quantitative estimate of drug-likeness (QED) is 0.902. The highest BCUT2D eigenvalue weighted by Crippen LogP contribution is 2.35. The van der Waals surface area contributed by atoms with Crippen molar-refractivity contribution in [2.45, 2.75) is 31.5 Å². The molecule has 25 heavy (non-hydrogen) atoms. The minimum atomic E-state index is -0.156. The predicted octanol–water partition coefficient (Wildman–Crippen LogP) is 2.08. The van der Waals surface area contributed by atoms with Crippen molar-refractivity contribution in [1.82, 2.24) is 15.2 Å². The lowest BCUT2D eigenvalue weighted by atomic mass is 10.0. The summed E-state index contributed by atoms with van der Waals surface area (Å²) in [5.41, 5.74) is 1.23. The molecule has 132 valence electrons. The Morgan fingerprint density at radius 3 is 3.08 bits per heavy atom. The highest BCUT2D eigenvalue weighted by atomic mass is 16.5. The molecule has 0 unspecified atom stereocenters. The number of amides is 1. The van der Waals surface area contributed by atoms with Crippen LogP contribution < -0.4 is 5.32 Å². The average Bonchev–Trinajstić information content (AvgIpc) is 3.31. The first-order valence-electron chi connectivity index (χ1n) is 8.87. The Morgan fingerprint density at radius 2 is 2.28 bits per heavy atom. The molecule has 6 heteroatoms. The maximum atomic E-state index is 12.1. The van der Waals surface area contributed by atoms with Gasteiger partial charge in [-0.1, -0.05) is 6.07 Å². The van der Waals surface area contributed by atoms with E-state index in [1.807, 2.05) is 12.3 Å². The molecule has 0 radical (unpaired) electrons. The molecule has 6 nitrogen and oxygen atoms in total. The molecule has 3 heterocycles. The van der Waals surface area contributed by atoms with Crippen molar-refractivity contribution in [3.8, 4) is 0 Å². The molecule has 0 aromatic carbocycles. The third-order valence-electron chi connectivity index (χ3n) is 5.21. The van der Waals surface area contributed by atoms with Gasteiger partial charge in [0.25, 0.3) is 5.91 Å². The van der Waals surface area contributed by atoms with Gasteiger partial charge in [0.15, 0.2) is 5.76 Å². The van der Waals surface area contributed by atoms with Crippen molar-refractivity contribution in [1.29, 1.82) is 0 Å². The van der Waals surface area contributed by atoms with E-state index in [0.717, 1.165) is 32.5 Å². The van der Waals surface area contributed by atoms with E-state index in [0.29, 0.717) is 24.3 Å². The summed E-state index contributed by atoms with van der Waals surface area (Å²) in [6.45, 7) is 3.22. The zero-order chi connectivity index (χ0) is 17.1. The van der Waals surface area contributed by atoms with E-state index in [2.05, 4.69) is 21.3 Å². The van der Waals surface area contributed by atoms with E-state index in [4.69, 9.17) is 9.15 Å². The molecule has 1 amide bonds. The summed E-state index contributed by atoms with van der Waals surface area (Å²) in [4.78, 5) is 18.8. The van der Waals surface area contributed by atoms with Crippen LogP contribution in [0.4, 0.5) is 0 Å². The summed E-state index contributed by atoms with van der Waals surface area (Å²) in [7, 11) is 0. The van der Waals surface area contributed by atoms with Gasteiger partial charge in [0.05, 0.1) is 19.0 Å². The van der Waals surface area contributed by atoms with Crippen molar-refractivity contribution in [2.24, 2.45) is 5.92 Å². The van der Waals surface area contributed by atoms with Crippen molar-refractivity contribution in [2.75, 3.05) is 19.7 Å². The van der Waals surface area contributed by atoms with Gasteiger partial charge in [-0.2, -0.15) is 0 Å². The number of morpholine rings is 1. The molecule has 2 aromatic rings. The second-order valence-electron chi connectivity index (χ2n) is 6.76. The Bertz CT molecular complexity index is 689. The average molecular weight is 341 g/mol. The summed E-state index contributed by atoms with van der Waals surface area (Å²) in [5, 5.41) is 2.98. The Kier molecular flexibility index (Phi) is 4.81. The van der Waals surface area contributed by atoms with E-state index in [1.54, 1.807) is 18.3 Å². The summed E-state index contributed by atoms with van der Waals surface area (Å²) < 4.78 is 11.2. The predicted molar refractivity (Wildman–Crippen MR) is 91.9 cm³/mol. The number of aromatic nitrogens is 1. The number of pyridine rings is 1. The first kappa shape index (κ1) is 16.3. The Labute approximate surface area is 147 Å². The first-order valence-corrected chi connectivity index (χ1v) is 8.87. The van der Waals surface area contributed by atoms with Crippen LogP contribution in [-0.4, -0.2) is 47.6 Å². The van der Waals surface area contributed by atoms with Gasteiger partial charge >= 0.3 is 0 Å². The number of furan rings is 1. The molecular weight excluding hydrogens is 318 g/mol. The third-order valence-corrected chi connectivity index (χ3v) is 5.21. The topological polar surface area (TPSA) is 67.6 Å². The number of nitrogens with one attached hydrogen (secondary N) is 1. The van der Waals surface area contributed by atoms with Gasteiger partial charge in [-0.05, 0) is 36.6 Å². The molecule has 4 rings (SSSR count). The van der Waals surface area contributed by atoms with E-state index < -0.39 is 0 Å². The van der Waals surface area contributed by atoms with Gasteiger partial charge in [0, 0.05) is 44.0 Å². The van der Waals surface area contributed by atoms with Crippen LogP contribution in [-0.2, 0) is 11.3 Å². The van der Waals surface area contributed by atoms with E-state index in [-0.39, 0.29) is 12.0 Å². The normalized spacial score (nSPS) is 26.3. The van der Waals surface area contributed by atoms with Gasteiger partial charge < -0.3 is 14.5 Å². The van der Waals surface area contributed by atoms with Crippen LogP contribution in [0.5, 0.6) is 0 Å². The number of hydrogen-bond donors (Lipinski definition) is 1. The number of carbonyl (C=O) groups excluding carboxylic acids is 1. The fourth-order valence-corrected chi connectivity index (χ4v) is 4.00. The van der Waals surface area contributed by atoms with E-state index in [9.17, 15) is 4.79 Å². The fourth-order valence-electron chi connectivity index (χ4n) is 4.00. The zero-order valence-electron chi connectivity index (χ0n) is 14.1. The van der Waals surface area contributed by atoms with Crippen molar-refractivity contribution < 1.29 is 13.9 Å². The standard InChI is InChI=1S/C19H23N3O3/c23-19(17-4-2-9-24-17)21-12-15-5-6-16-18(15)25-10-8-22(16)13-14-3-1-7-20-11-14/h1-4,7,9,11,15-16,18H,5-6,8,10,12-13H2,(H,21,23)/t15-,16-,18+/m0/s1. The molecule has 0 bridgehead atoms. The van der Waals surface area contributed by atoms with Crippen molar-refractivity contribution in [3.63, 3.8) is 0 Å². The van der Waals surface area contributed by atoms with Gasteiger partial charge in [-0.3, -0.25) is 14.7 Å². The largest absolute Gasteiger partial charge is 0.459 e. The minimum absolute atomic E-state index is 0.156. The number of rotatable bonds is 5.